The maximum atomic E-state index is 11.7. The van der Waals surface area contributed by atoms with Gasteiger partial charge in [-0.1, -0.05) is 6.92 Å². The molecule has 0 aliphatic heterocycles. The summed E-state index contributed by atoms with van der Waals surface area (Å²) in [7, 11) is 0. The summed E-state index contributed by atoms with van der Waals surface area (Å²) in [5, 5.41) is 2.87. The molecule has 2 atom stereocenters. The Morgan fingerprint density at radius 1 is 1.35 bits per heavy atom. The van der Waals surface area contributed by atoms with E-state index in [-0.39, 0.29) is 11.9 Å². The highest BCUT2D eigenvalue weighted by molar-refractivity contribution is 5.80. The number of benzene rings is 1. The van der Waals surface area contributed by atoms with Crippen LogP contribution in [-0.2, 0) is 4.79 Å². The average molecular weight is 236 g/mol. The lowest BCUT2D eigenvalue weighted by Gasteiger charge is -2.17. The highest BCUT2D eigenvalue weighted by Crippen LogP contribution is 2.14. The quantitative estimate of drug-likeness (QED) is 0.768. The smallest absolute Gasteiger partial charge is 0.260 e. The minimum Gasteiger partial charge on any atom is -0.481 e. The molecule has 2 unspecified atom stereocenters. The minimum absolute atomic E-state index is 0.101. The van der Waals surface area contributed by atoms with Crippen LogP contribution in [-0.4, -0.2) is 18.1 Å². The number of carbonyl (C=O) groups is 1. The fourth-order valence-corrected chi connectivity index (χ4v) is 1.27. The molecule has 1 aromatic rings. The summed E-state index contributed by atoms with van der Waals surface area (Å²) in [5.74, 6) is 0.544. The monoisotopic (exact) mass is 236 g/mol. The molecule has 1 aromatic carbocycles. The molecule has 0 saturated heterocycles. The summed E-state index contributed by atoms with van der Waals surface area (Å²) in [6.07, 6.45) is 0.396. The number of ether oxygens (including phenoxy) is 1. The van der Waals surface area contributed by atoms with Crippen LogP contribution in [0.2, 0.25) is 0 Å². The summed E-state index contributed by atoms with van der Waals surface area (Å²) in [6, 6.07) is 7.16. The maximum absolute atomic E-state index is 11.7. The van der Waals surface area contributed by atoms with Gasteiger partial charge in [-0.3, -0.25) is 4.79 Å². The van der Waals surface area contributed by atoms with Gasteiger partial charge in [0, 0.05) is 11.7 Å². The third-order valence-corrected chi connectivity index (χ3v) is 2.56. The molecule has 1 rings (SSSR count). The van der Waals surface area contributed by atoms with Gasteiger partial charge in [0.1, 0.15) is 5.75 Å². The number of rotatable bonds is 5. The number of hydrogen-bond acceptors (Lipinski definition) is 3. The van der Waals surface area contributed by atoms with Crippen LogP contribution in [0.5, 0.6) is 5.75 Å². The minimum atomic E-state index is -0.507. The molecule has 0 radical (unpaired) electrons. The van der Waals surface area contributed by atoms with Crippen molar-refractivity contribution in [2.45, 2.75) is 39.3 Å². The lowest BCUT2D eigenvalue weighted by Crippen LogP contribution is -2.40. The van der Waals surface area contributed by atoms with Gasteiger partial charge in [-0.05, 0) is 44.5 Å². The molecule has 0 aliphatic rings. The van der Waals surface area contributed by atoms with Crippen molar-refractivity contribution in [2.24, 2.45) is 0 Å². The first-order chi connectivity index (χ1) is 8.02. The molecule has 0 bridgehead atoms. The van der Waals surface area contributed by atoms with Crippen LogP contribution in [0.4, 0.5) is 5.69 Å². The SMILES string of the molecule is CCC(C)NC(=O)C(C)Oc1ccc(N)cc1. The van der Waals surface area contributed by atoms with E-state index in [4.69, 9.17) is 10.5 Å². The normalized spacial score (nSPS) is 13.8. The van der Waals surface area contributed by atoms with Crippen LogP contribution in [0.1, 0.15) is 27.2 Å². The maximum Gasteiger partial charge on any atom is 0.260 e. The second-order valence-electron chi connectivity index (χ2n) is 4.15. The lowest BCUT2D eigenvalue weighted by molar-refractivity contribution is -0.127. The summed E-state index contributed by atoms with van der Waals surface area (Å²) in [6.45, 7) is 5.72. The van der Waals surface area contributed by atoms with E-state index in [1.54, 1.807) is 31.2 Å². The Kier molecular flexibility index (Phi) is 4.82. The lowest BCUT2D eigenvalue weighted by atomic mass is 10.2. The van der Waals surface area contributed by atoms with Crippen LogP contribution in [0.15, 0.2) is 24.3 Å². The van der Waals surface area contributed by atoms with Gasteiger partial charge in [0.2, 0.25) is 0 Å². The largest absolute Gasteiger partial charge is 0.481 e. The highest BCUT2D eigenvalue weighted by atomic mass is 16.5. The number of carbonyl (C=O) groups excluding carboxylic acids is 1. The Bertz CT molecular complexity index is 362. The van der Waals surface area contributed by atoms with Gasteiger partial charge in [0.15, 0.2) is 6.10 Å². The molecule has 4 heteroatoms. The van der Waals surface area contributed by atoms with E-state index >= 15 is 0 Å². The molecule has 0 aliphatic carbocycles. The third kappa shape index (κ3) is 4.34. The molecule has 3 N–H and O–H groups in total. The van der Waals surface area contributed by atoms with E-state index < -0.39 is 6.10 Å². The van der Waals surface area contributed by atoms with Crippen molar-refractivity contribution in [2.75, 3.05) is 5.73 Å². The average Bonchev–Trinajstić information content (AvgIpc) is 2.31. The Balaban J connectivity index is 2.51. The van der Waals surface area contributed by atoms with Crippen LogP contribution in [0, 0.1) is 0 Å². The Morgan fingerprint density at radius 3 is 2.47 bits per heavy atom. The summed E-state index contributed by atoms with van der Waals surface area (Å²) >= 11 is 0. The summed E-state index contributed by atoms with van der Waals surface area (Å²) < 4.78 is 5.51. The fraction of sp³-hybridized carbons (Fsp3) is 0.462. The molecular formula is C13H20N2O2. The molecule has 0 fully saturated rings. The zero-order valence-corrected chi connectivity index (χ0v) is 10.6. The standard InChI is InChI=1S/C13H20N2O2/c1-4-9(2)15-13(16)10(3)17-12-7-5-11(14)6-8-12/h5-10H,4,14H2,1-3H3,(H,15,16). The van der Waals surface area contributed by atoms with Crippen LogP contribution in [0.25, 0.3) is 0 Å². The number of nitrogen functional groups attached to an aromatic ring is 1. The zero-order valence-electron chi connectivity index (χ0n) is 10.6. The second-order valence-corrected chi connectivity index (χ2v) is 4.15. The molecule has 4 nitrogen and oxygen atoms in total. The summed E-state index contributed by atoms with van der Waals surface area (Å²) in [4.78, 5) is 11.7. The number of nitrogens with one attached hydrogen (secondary N) is 1. The van der Waals surface area contributed by atoms with E-state index in [0.717, 1.165) is 6.42 Å². The number of anilines is 1. The topological polar surface area (TPSA) is 64.3 Å². The van der Waals surface area contributed by atoms with Gasteiger partial charge >= 0.3 is 0 Å². The number of hydrogen-bond donors (Lipinski definition) is 2. The van der Waals surface area contributed by atoms with E-state index in [1.807, 2.05) is 13.8 Å². The molecule has 0 heterocycles. The first-order valence-electron chi connectivity index (χ1n) is 5.85. The van der Waals surface area contributed by atoms with Gasteiger partial charge in [0.05, 0.1) is 0 Å². The molecule has 0 saturated carbocycles. The predicted molar refractivity (Wildman–Crippen MR) is 68.8 cm³/mol. The second kappa shape index (κ2) is 6.13. The van der Waals surface area contributed by atoms with E-state index in [1.165, 1.54) is 0 Å². The van der Waals surface area contributed by atoms with Crippen molar-refractivity contribution in [1.29, 1.82) is 0 Å². The number of amides is 1. The van der Waals surface area contributed by atoms with Crippen molar-refractivity contribution < 1.29 is 9.53 Å². The number of nitrogens with two attached hydrogens (primary N) is 1. The van der Waals surface area contributed by atoms with Crippen LogP contribution in [0.3, 0.4) is 0 Å². The first kappa shape index (κ1) is 13.4. The molecule has 0 spiro atoms. The van der Waals surface area contributed by atoms with Crippen molar-refractivity contribution >= 4 is 11.6 Å². The van der Waals surface area contributed by atoms with E-state index in [9.17, 15) is 4.79 Å². The highest BCUT2D eigenvalue weighted by Gasteiger charge is 2.15. The van der Waals surface area contributed by atoms with Crippen molar-refractivity contribution in [3.63, 3.8) is 0 Å². The first-order valence-corrected chi connectivity index (χ1v) is 5.85. The van der Waals surface area contributed by atoms with Crippen molar-refractivity contribution in [3.05, 3.63) is 24.3 Å². The Labute approximate surface area is 102 Å². The van der Waals surface area contributed by atoms with Crippen molar-refractivity contribution in [3.8, 4) is 5.75 Å². The van der Waals surface area contributed by atoms with Crippen LogP contribution < -0.4 is 15.8 Å². The molecule has 94 valence electrons. The van der Waals surface area contributed by atoms with Gasteiger partial charge in [-0.15, -0.1) is 0 Å². The molecule has 0 aromatic heterocycles. The molecule has 1 amide bonds. The van der Waals surface area contributed by atoms with Gasteiger partial charge in [-0.2, -0.15) is 0 Å². The van der Waals surface area contributed by atoms with Crippen LogP contribution >= 0.6 is 0 Å². The molecule has 17 heavy (non-hydrogen) atoms. The van der Waals surface area contributed by atoms with Gasteiger partial charge in [0.25, 0.3) is 5.91 Å². The predicted octanol–water partition coefficient (Wildman–Crippen LogP) is 1.95. The van der Waals surface area contributed by atoms with Crippen molar-refractivity contribution in [1.82, 2.24) is 5.32 Å². The zero-order chi connectivity index (χ0) is 12.8. The Morgan fingerprint density at radius 2 is 1.94 bits per heavy atom. The summed E-state index contributed by atoms with van der Waals surface area (Å²) in [5.41, 5.74) is 6.24. The third-order valence-electron chi connectivity index (χ3n) is 2.56. The fourth-order valence-electron chi connectivity index (χ4n) is 1.27. The Hall–Kier alpha value is -1.71. The van der Waals surface area contributed by atoms with E-state index in [0.29, 0.717) is 11.4 Å². The van der Waals surface area contributed by atoms with Gasteiger partial charge in [-0.25, -0.2) is 0 Å². The molecular weight excluding hydrogens is 216 g/mol. The van der Waals surface area contributed by atoms with Gasteiger partial charge < -0.3 is 15.8 Å². The van der Waals surface area contributed by atoms with E-state index in [2.05, 4.69) is 5.32 Å².